The van der Waals surface area contributed by atoms with Crippen molar-refractivity contribution in [3.05, 3.63) is 34.9 Å². The van der Waals surface area contributed by atoms with Gasteiger partial charge >= 0.3 is 11.9 Å². The van der Waals surface area contributed by atoms with E-state index in [-0.39, 0.29) is 12.8 Å². The van der Waals surface area contributed by atoms with Crippen LogP contribution in [0, 0.1) is 5.92 Å². The highest BCUT2D eigenvalue weighted by Gasteiger charge is 2.22. The molecule has 0 aliphatic heterocycles. The van der Waals surface area contributed by atoms with Crippen molar-refractivity contribution < 1.29 is 19.8 Å². The van der Waals surface area contributed by atoms with Gasteiger partial charge < -0.3 is 10.2 Å². The molecule has 0 heterocycles. The monoisotopic (exact) mass is 262 g/mol. The fourth-order valence-electron chi connectivity index (χ4n) is 2.66. The van der Waals surface area contributed by atoms with Crippen molar-refractivity contribution in [3.8, 4) is 0 Å². The summed E-state index contributed by atoms with van der Waals surface area (Å²) < 4.78 is 0. The van der Waals surface area contributed by atoms with Crippen molar-refractivity contribution in [2.24, 2.45) is 5.92 Å². The second-order valence-electron chi connectivity index (χ2n) is 5.15. The van der Waals surface area contributed by atoms with Crippen LogP contribution >= 0.6 is 0 Å². The summed E-state index contributed by atoms with van der Waals surface area (Å²) in [6.45, 7) is 0. The van der Waals surface area contributed by atoms with Gasteiger partial charge in [0.25, 0.3) is 0 Å². The highest BCUT2D eigenvalue weighted by Crippen LogP contribution is 2.24. The van der Waals surface area contributed by atoms with Crippen LogP contribution in [0.3, 0.4) is 0 Å². The number of hydrogen-bond donors (Lipinski definition) is 2. The maximum absolute atomic E-state index is 11.1. The zero-order valence-corrected chi connectivity index (χ0v) is 10.8. The van der Waals surface area contributed by atoms with Crippen LogP contribution in [0.2, 0.25) is 0 Å². The number of aliphatic carboxylic acids is 2. The number of carboxylic acids is 2. The average Bonchev–Trinajstić information content (AvgIpc) is 2.37. The molecular weight excluding hydrogens is 244 g/mol. The van der Waals surface area contributed by atoms with Crippen LogP contribution in [0.5, 0.6) is 0 Å². The van der Waals surface area contributed by atoms with Gasteiger partial charge in [-0.2, -0.15) is 0 Å². The fourth-order valence-corrected chi connectivity index (χ4v) is 2.66. The zero-order valence-electron chi connectivity index (χ0n) is 10.8. The Morgan fingerprint density at radius 3 is 2.42 bits per heavy atom. The molecule has 0 amide bonds. The zero-order chi connectivity index (χ0) is 13.8. The molecule has 2 rings (SSSR count). The van der Waals surface area contributed by atoms with Crippen LogP contribution in [0.4, 0.5) is 0 Å². The van der Waals surface area contributed by atoms with Crippen molar-refractivity contribution in [1.82, 2.24) is 0 Å². The Kier molecular flexibility index (Phi) is 4.20. The Labute approximate surface area is 112 Å². The van der Waals surface area contributed by atoms with Crippen LogP contribution < -0.4 is 0 Å². The van der Waals surface area contributed by atoms with Gasteiger partial charge in [0.05, 0.1) is 12.3 Å². The summed E-state index contributed by atoms with van der Waals surface area (Å²) in [4.78, 5) is 21.7. The van der Waals surface area contributed by atoms with Gasteiger partial charge in [-0.3, -0.25) is 9.59 Å². The van der Waals surface area contributed by atoms with E-state index >= 15 is 0 Å². The molecule has 4 nitrogen and oxygen atoms in total. The summed E-state index contributed by atoms with van der Waals surface area (Å²) in [5.74, 6) is -2.95. The van der Waals surface area contributed by atoms with Crippen molar-refractivity contribution in [2.75, 3.05) is 0 Å². The minimum absolute atomic E-state index is 0.287. The van der Waals surface area contributed by atoms with Gasteiger partial charge in [0.2, 0.25) is 0 Å². The Hall–Kier alpha value is -1.84. The highest BCUT2D eigenvalue weighted by atomic mass is 16.4. The molecule has 0 saturated heterocycles. The van der Waals surface area contributed by atoms with Crippen LogP contribution in [-0.4, -0.2) is 22.2 Å². The predicted octanol–water partition coefficient (Wildman–Crippen LogP) is 2.28. The second kappa shape index (κ2) is 5.87. The van der Waals surface area contributed by atoms with Gasteiger partial charge in [-0.05, 0) is 48.8 Å². The Bertz CT molecular complexity index is 493. The molecule has 0 radical (unpaired) electrons. The summed E-state index contributed by atoms with van der Waals surface area (Å²) in [5, 5.41) is 17.8. The third kappa shape index (κ3) is 3.56. The first-order valence-corrected chi connectivity index (χ1v) is 6.61. The SMILES string of the molecule is O=C(O)CC(Cc1ccc2c(c1)CCCC2)C(=O)O. The number of carbonyl (C=O) groups is 2. The lowest BCUT2D eigenvalue weighted by molar-refractivity contribution is -0.148. The van der Waals surface area contributed by atoms with Crippen molar-refractivity contribution in [3.63, 3.8) is 0 Å². The standard InChI is InChI=1S/C15H18O4/c16-14(17)9-13(15(18)19)8-10-5-6-11-3-1-2-4-12(11)7-10/h5-7,13H,1-4,8-9H2,(H,16,17)(H,18,19). The van der Waals surface area contributed by atoms with Gasteiger partial charge in [0, 0.05) is 0 Å². The predicted molar refractivity (Wildman–Crippen MR) is 70.2 cm³/mol. The van der Waals surface area contributed by atoms with E-state index in [1.54, 1.807) is 0 Å². The minimum atomic E-state index is -1.06. The first kappa shape index (κ1) is 13.6. The average molecular weight is 262 g/mol. The molecule has 1 aliphatic carbocycles. The second-order valence-corrected chi connectivity index (χ2v) is 5.15. The minimum Gasteiger partial charge on any atom is -0.481 e. The quantitative estimate of drug-likeness (QED) is 0.853. The number of aryl methyl sites for hydroxylation is 2. The maximum atomic E-state index is 11.1. The summed E-state index contributed by atoms with van der Waals surface area (Å²) in [6.07, 6.45) is 4.48. The Morgan fingerprint density at radius 2 is 1.79 bits per heavy atom. The molecule has 19 heavy (non-hydrogen) atoms. The topological polar surface area (TPSA) is 74.6 Å². The van der Waals surface area contributed by atoms with E-state index in [9.17, 15) is 9.59 Å². The Balaban J connectivity index is 2.12. The number of fused-ring (bicyclic) bond motifs is 1. The molecule has 0 fully saturated rings. The van der Waals surface area contributed by atoms with E-state index in [4.69, 9.17) is 10.2 Å². The smallest absolute Gasteiger partial charge is 0.307 e. The van der Waals surface area contributed by atoms with E-state index in [0.29, 0.717) is 0 Å². The molecule has 1 unspecified atom stereocenters. The van der Waals surface area contributed by atoms with Crippen molar-refractivity contribution >= 4 is 11.9 Å². The van der Waals surface area contributed by atoms with Crippen molar-refractivity contribution in [2.45, 2.75) is 38.5 Å². The molecule has 0 aromatic heterocycles. The van der Waals surface area contributed by atoms with Gasteiger partial charge in [-0.25, -0.2) is 0 Å². The summed E-state index contributed by atoms with van der Waals surface area (Å²) >= 11 is 0. The molecule has 1 atom stereocenters. The first-order valence-electron chi connectivity index (χ1n) is 6.61. The first-order chi connectivity index (χ1) is 9.06. The molecule has 0 saturated carbocycles. The fraction of sp³-hybridized carbons (Fsp3) is 0.467. The van der Waals surface area contributed by atoms with Gasteiger partial charge in [-0.1, -0.05) is 18.2 Å². The molecule has 2 N–H and O–H groups in total. The molecular formula is C15H18O4. The summed E-state index contributed by atoms with van der Waals surface area (Å²) in [7, 11) is 0. The molecule has 102 valence electrons. The lowest BCUT2D eigenvalue weighted by atomic mass is 9.88. The molecule has 1 aliphatic rings. The molecule has 0 spiro atoms. The number of carboxylic acid groups (broad SMARTS) is 2. The van der Waals surface area contributed by atoms with Crippen LogP contribution in [0.15, 0.2) is 18.2 Å². The lowest BCUT2D eigenvalue weighted by Gasteiger charge is -2.17. The lowest BCUT2D eigenvalue weighted by Crippen LogP contribution is -2.20. The Morgan fingerprint density at radius 1 is 1.11 bits per heavy atom. The van der Waals surface area contributed by atoms with Gasteiger partial charge in [-0.15, -0.1) is 0 Å². The molecule has 4 heteroatoms. The number of hydrogen-bond acceptors (Lipinski definition) is 2. The number of benzene rings is 1. The van der Waals surface area contributed by atoms with E-state index in [2.05, 4.69) is 6.07 Å². The maximum Gasteiger partial charge on any atom is 0.307 e. The largest absolute Gasteiger partial charge is 0.481 e. The van der Waals surface area contributed by atoms with Gasteiger partial charge in [0.1, 0.15) is 0 Å². The van der Waals surface area contributed by atoms with Gasteiger partial charge in [0.15, 0.2) is 0 Å². The van der Waals surface area contributed by atoms with E-state index in [0.717, 1.165) is 18.4 Å². The molecule has 1 aromatic rings. The van der Waals surface area contributed by atoms with E-state index < -0.39 is 17.9 Å². The number of rotatable bonds is 5. The van der Waals surface area contributed by atoms with E-state index in [1.807, 2.05) is 12.1 Å². The molecule has 0 bridgehead atoms. The van der Waals surface area contributed by atoms with Crippen molar-refractivity contribution in [1.29, 1.82) is 0 Å². The normalized spacial score (nSPS) is 15.6. The van der Waals surface area contributed by atoms with Crippen LogP contribution in [0.1, 0.15) is 36.0 Å². The van der Waals surface area contributed by atoms with E-state index in [1.165, 1.54) is 24.0 Å². The summed E-state index contributed by atoms with van der Waals surface area (Å²) in [5.41, 5.74) is 3.57. The third-order valence-electron chi connectivity index (χ3n) is 3.67. The third-order valence-corrected chi connectivity index (χ3v) is 3.67. The summed E-state index contributed by atoms with van der Waals surface area (Å²) in [6, 6.07) is 6.04. The van der Waals surface area contributed by atoms with Crippen LogP contribution in [-0.2, 0) is 28.9 Å². The highest BCUT2D eigenvalue weighted by molar-refractivity contribution is 5.78. The molecule has 1 aromatic carbocycles. The van der Waals surface area contributed by atoms with Crippen LogP contribution in [0.25, 0.3) is 0 Å².